The van der Waals surface area contributed by atoms with Crippen molar-refractivity contribution in [2.45, 2.75) is 70.8 Å². The molecule has 0 bridgehead atoms. The molecule has 1 heterocycles. The lowest BCUT2D eigenvalue weighted by molar-refractivity contribution is -0.140. The standard InChI is InChI=1S/C16H29NO4/c1-3-5-6-13(4-2)11-14(18)17-16(12-15(19)20)7-9-21-10-8-16/h13H,3-12H2,1-2H3,(H,17,18)(H,19,20). The largest absolute Gasteiger partial charge is 0.481 e. The predicted molar refractivity (Wildman–Crippen MR) is 81.1 cm³/mol. The van der Waals surface area contributed by atoms with Crippen molar-refractivity contribution in [3.8, 4) is 0 Å². The molecule has 0 saturated carbocycles. The third kappa shape index (κ3) is 6.46. The number of aliphatic carboxylic acids is 1. The van der Waals surface area contributed by atoms with E-state index in [2.05, 4.69) is 19.2 Å². The summed E-state index contributed by atoms with van der Waals surface area (Å²) in [5.41, 5.74) is -0.621. The summed E-state index contributed by atoms with van der Waals surface area (Å²) >= 11 is 0. The van der Waals surface area contributed by atoms with Crippen LogP contribution in [0.15, 0.2) is 0 Å². The lowest BCUT2D eigenvalue weighted by Crippen LogP contribution is -2.53. The number of amides is 1. The zero-order valence-electron chi connectivity index (χ0n) is 13.3. The highest BCUT2D eigenvalue weighted by Gasteiger charge is 2.36. The normalized spacial score (nSPS) is 19.0. The number of carbonyl (C=O) groups excluding carboxylic acids is 1. The first-order chi connectivity index (χ1) is 10.0. The first kappa shape index (κ1) is 18.0. The SMILES string of the molecule is CCCCC(CC)CC(=O)NC1(CC(=O)O)CCOCC1. The van der Waals surface area contributed by atoms with E-state index in [9.17, 15) is 9.59 Å². The number of hydrogen-bond donors (Lipinski definition) is 2. The van der Waals surface area contributed by atoms with Gasteiger partial charge in [-0.05, 0) is 25.2 Å². The highest BCUT2D eigenvalue weighted by molar-refractivity contribution is 5.78. The smallest absolute Gasteiger partial charge is 0.305 e. The minimum atomic E-state index is -0.866. The average Bonchev–Trinajstić information content (AvgIpc) is 2.43. The summed E-state index contributed by atoms with van der Waals surface area (Å²) in [7, 11) is 0. The van der Waals surface area contributed by atoms with E-state index in [4.69, 9.17) is 9.84 Å². The summed E-state index contributed by atoms with van der Waals surface area (Å²) < 4.78 is 5.30. The molecule has 0 aromatic heterocycles. The highest BCUT2D eigenvalue weighted by Crippen LogP contribution is 2.26. The zero-order chi connectivity index (χ0) is 15.7. The molecule has 1 aliphatic heterocycles. The van der Waals surface area contributed by atoms with Gasteiger partial charge in [-0.1, -0.05) is 33.1 Å². The van der Waals surface area contributed by atoms with Gasteiger partial charge in [0.05, 0.1) is 12.0 Å². The van der Waals surface area contributed by atoms with Crippen molar-refractivity contribution >= 4 is 11.9 Å². The van der Waals surface area contributed by atoms with Gasteiger partial charge in [0, 0.05) is 19.6 Å². The molecule has 0 spiro atoms. The molecule has 5 heteroatoms. The second kappa shape index (κ2) is 9.03. The monoisotopic (exact) mass is 299 g/mol. The number of nitrogens with one attached hydrogen (secondary N) is 1. The van der Waals surface area contributed by atoms with Crippen LogP contribution in [0.2, 0.25) is 0 Å². The zero-order valence-corrected chi connectivity index (χ0v) is 13.3. The molecule has 2 N–H and O–H groups in total. The first-order valence-corrected chi connectivity index (χ1v) is 8.12. The van der Waals surface area contributed by atoms with Gasteiger partial charge in [0.15, 0.2) is 0 Å². The Labute approximate surface area is 127 Å². The molecule has 1 amide bonds. The maximum Gasteiger partial charge on any atom is 0.305 e. The van der Waals surface area contributed by atoms with Gasteiger partial charge in [-0.15, -0.1) is 0 Å². The second-order valence-electron chi connectivity index (χ2n) is 6.13. The van der Waals surface area contributed by atoms with Crippen LogP contribution in [0.4, 0.5) is 0 Å². The van der Waals surface area contributed by atoms with Crippen molar-refractivity contribution < 1.29 is 19.4 Å². The van der Waals surface area contributed by atoms with Crippen LogP contribution in [0.3, 0.4) is 0 Å². The van der Waals surface area contributed by atoms with E-state index in [-0.39, 0.29) is 12.3 Å². The summed E-state index contributed by atoms with van der Waals surface area (Å²) in [6.07, 6.45) is 5.97. The Balaban J connectivity index is 2.56. The molecule has 1 fully saturated rings. The lowest BCUT2D eigenvalue weighted by Gasteiger charge is -2.37. The molecule has 21 heavy (non-hydrogen) atoms. The molecular formula is C16H29NO4. The van der Waals surface area contributed by atoms with Gasteiger partial charge in [-0.2, -0.15) is 0 Å². The van der Waals surface area contributed by atoms with Crippen molar-refractivity contribution in [3.05, 3.63) is 0 Å². The first-order valence-electron chi connectivity index (χ1n) is 8.12. The molecule has 0 aromatic rings. The maximum atomic E-state index is 12.3. The van der Waals surface area contributed by atoms with E-state index in [0.29, 0.717) is 38.4 Å². The van der Waals surface area contributed by atoms with Crippen LogP contribution in [-0.2, 0) is 14.3 Å². The Bertz CT molecular complexity index is 337. The minimum absolute atomic E-state index is 0.0129. The van der Waals surface area contributed by atoms with Crippen molar-refractivity contribution in [1.29, 1.82) is 0 Å². The van der Waals surface area contributed by atoms with Gasteiger partial charge in [0.2, 0.25) is 5.91 Å². The molecule has 1 unspecified atom stereocenters. The van der Waals surface area contributed by atoms with Gasteiger partial charge in [-0.25, -0.2) is 0 Å². The summed E-state index contributed by atoms with van der Waals surface area (Å²) in [5, 5.41) is 12.1. The number of carboxylic acids is 1. The second-order valence-corrected chi connectivity index (χ2v) is 6.13. The maximum absolute atomic E-state index is 12.3. The lowest BCUT2D eigenvalue weighted by atomic mass is 9.85. The third-order valence-corrected chi connectivity index (χ3v) is 4.36. The summed E-state index contributed by atoms with van der Waals surface area (Å²) in [4.78, 5) is 23.4. The van der Waals surface area contributed by atoms with Gasteiger partial charge < -0.3 is 15.2 Å². The molecular weight excluding hydrogens is 270 g/mol. The van der Waals surface area contributed by atoms with Crippen LogP contribution in [0, 0.1) is 5.92 Å². The van der Waals surface area contributed by atoms with E-state index in [1.165, 1.54) is 0 Å². The van der Waals surface area contributed by atoms with Crippen molar-refractivity contribution in [1.82, 2.24) is 5.32 Å². The van der Waals surface area contributed by atoms with E-state index >= 15 is 0 Å². The van der Waals surface area contributed by atoms with Crippen LogP contribution in [0.5, 0.6) is 0 Å². The van der Waals surface area contributed by atoms with Crippen LogP contribution in [0.1, 0.15) is 65.2 Å². The highest BCUT2D eigenvalue weighted by atomic mass is 16.5. The fourth-order valence-corrected chi connectivity index (χ4v) is 2.95. The molecule has 0 radical (unpaired) electrons. The van der Waals surface area contributed by atoms with Crippen LogP contribution in [0.25, 0.3) is 0 Å². The van der Waals surface area contributed by atoms with Gasteiger partial charge >= 0.3 is 5.97 Å². The van der Waals surface area contributed by atoms with E-state index in [1.807, 2.05) is 0 Å². The number of carbonyl (C=O) groups is 2. The van der Waals surface area contributed by atoms with E-state index in [1.54, 1.807) is 0 Å². The fourth-order valence-electron chi connectivity index (χ4n) is 2.95. The number of carboxylic acid groups (broad SMARTS) is 1. The van der Waals surface area contributed by atoms with Crippen LogP contribution >= 0.6 is 0 Å². The quantitative estimate of drug-likeness (QED) is 0.686. The molecule has 0 aliphatic carbocycles. The van der Waals surface area contributed by atoms with Crippen molar-refractivity contribution in [2.75, 3.05) is 13.2 Å². The van der Waals surface area contributed by atoms with Crippen molar-refractivity contribution in [3.63, 3.8) is 0 Å². The van der Waals surface area contributed by atoms with E-state index in [0.717, 1.165) is 25.7 Å². The molecule has 1 atom stereocenters. The Morgan fingerprint density at radius 2 is 1.95 bits per heavy atom. The summed E-state index contributed by atoms with van der Waals surface area (Å²) in [6.45, 7) is 5.28. The molecule has 0 aromatic carbocycles. The number of rotatable bonds is 9. The Hall–Kier alpha value is -1.10. The fraction of sp³-hybridized carbons (Fsp3) is 0.875. The predicted octanol–water partition coefficient (Wildman–Crippen LogP) is 2.73. The number of hydrogen-bond acceptors (Lipinski definition) is 3. The molecule has 1 aliphatic rings. The van der Waals surface area contributed by atoms with Gasteiger partial charge in [0.1, 0.15) is 0 Å². The Morgan fingerprint density at radius 1 is 1.29 bits per heavy atom. The van der Waals surface area contributed by atoms with Crippen LogP contribution < -0.4 is 5.32 Å². The van der Waals surface area contributed by atoms with Gasteiger partial charge in [-0.3, -0.25) is 9.59 Å². The third-order valence-electron chi connectivity index (χ3n) is 4.36. The van der Waals surface area contributed by atoms with Gasteiger partial charge in [0.25, 0.3) is 0 Å². The van der Waals surface area contributed by atoms with Crippen LogP contribution in [-0.4, -0.2) is 35.7 Å². The molecule has 1 rings (SSSR count). The summed E-state index contributed by atoms with van der Waals surface area (Å²) in [6, 6.07) is 0. The molecule has 1 saturated heterocycles. The Kier molecular flexibility index (Phi) is 7.72. The number of ether oxygens (including phenoxy) is 1. The summed E-state index contributed by atoms with van der Waals surface area (Å²) in [5.74, 6) is -0.483. The Morgan fingerprint density at radius 3 is 2.48 bits per heavy atom. The van der Waals surface area contributed by atoms with Crippen molar-refractivity contribution in [2.24, 2.45) is 5.92 Å². The molecule has 122 valence electrons. The average molecular weight is 299 g/mol. The number of unbranched alkanes of at least 4 members (excludes halogenated alkanes) is 1. The minimum Gasteiger partial charge on any atom is -0.481 e. The topological polar surface area (TPSA) is 75.6 Å². The van der Waals surface area contributed by atoms with E-state index < -0.39 is 11.5 Å². The molecule has 5 nitrogen and oxygen atoms in total.